The first-order chi connectivity index (χ1) is 8.10. The predicted octanol–water partition coefficient (Wildman–Crippen LogP) is 4.30. The summed E-state index contributed by atoms with van der Waals surface area (Å²) < 4.78 is 1.70. The van der Waals surface area contributed by atoms with Gasteiger partial charge in [-0.3, -0.25) is 4.79 Å². The molecular weight excluding hydrogens is 369 g/mol. The summed E-state index contributed by atoms with van der Waals surface area (Å²) in [5, 5.41) is 0. The van der Waals surface area contributed by atoms with Crippen LogP contribution in [0, 0.1) is 0 Å². The van der Waals surface area contributed by atoms with E-state index >= 15 is 0 Å². The first-order valence-electron chi connectivity index (χ1n) is 5.40. The molecule has 1 aromatic carbocycles. The van der Waals surface area contributed by atoms with Gasteiger partial charge in [0.1, 0.15) is 0 Å². The number of rotatable bonds is 5. The lowest BCUT2D eigenvalue weighted by Crippen LogP contribution is -2.33. The van der Waals surface area contributed by atoms with Gasteiger partial charge in [-0.25, -0.2) is 0 Å². The third-order valence-corrected chi connectivity index (χ3v) is 3.65. The minimum atomic E-state index is 0.0145. The molecule has 0 fully saturated rings. The van der Waals surface area contributed by atoms with Gasteiger partial charge < -0.3 is 4.90 Å². The maximum Gasteiger partial charge on any atom is 0.255 e. The van der Waals surface area contributed by atoms with Crippen LogP contribution in [0.3, 0.4) is 0 Å². The van der Waals surface area contributed by atoms with Crippen molar-refractivity contribution in [3.63, 3.8) is 0 Å². The van der Waals surface area contributed by atoms with E-state index in [0.717, 1.165) is 21.9 Å². The van der Waals surface area contributed by atoms with Gasteiger partial charge in [0.05, 0.1) is 5.56 Å². The fraction of sp³-hybridized carbons (Fsp3) is 0.417. The number of benzene rings is 1. The maximum absolute atomic E-state index is 12.3. The molecule has 2 nitrogen and oxygen atoms in total. The summed E-state index contributed by atoms with van der Waals surface area (Å²) in [5.41, 5.74) is 0.665. The average Bonchev–Trinajstić information content (AvgIpc) is 2.31. The van der Waals surface area contributed by atoms with Crippen LogP contribution in [0.5, 0.6) is 0 Å². The molecular formula is C12H14Br2ClNO. The smallest absolute Gasteiger partial charge is 0.255 e. The number of hydrogen-bond acceptors (Lipinski definition) is 1. The van der Waals surface area contributed by atoms with Gasteiger partial charge >= 0.3 is 0 Å². The molecule has 1 amide bonds. The molecule has 0 aromatic heterocycles. The Labute approximate surface area is 124 Å². The van der Waals surface area contributed by atoms with Crippen molar-refractivity contribution in [3.8, 4) is 0 Å². The van der Waals surface area contributed by atoms with Crippen molar-refractivity contribution >= 4 is 49.4 Å². The molecule has 0 unspecified atom stereocenters. The molecule has 1 aromatic rings. The standard InChI is InChI=1S/C12H14Br2ClNO/c1-2-6-16(7-5-15)12(17)10-8-9(13)3-4-11(10)14/h3-4,8H,2,5-7H2,1H3. The number of alkyl halides is 1. The van der Waals surface area contributed by atoms with Crippen LogP contribution in [0.15, 0.2) is 27.1 Å². The fourth-order valence-electron chi connectivity index (χ4n) is 1.52. The summed E-state index contributed by atoms with van der Waals surface area (Å²) in [6.07, 6.45) is 0.925. The van der Waals surface area contributed by atoms with Crippen LogP contribution in [0.1, 0.15) is 23.7 Å². The Morgan fingerprint density at radius 2 is 2.06 bits per heavy atom. The minimum absolute atomic E-state index is 0.0145. The van der Waals surface area contributed by atoms with E-state index in [1.165, 1.54) is 0 Å². The quantitative estimate of drug-likeness (QED) is 0.694. The first-order valence-corrected chi connectivity index (χ1v) is 7.52. The molecule has 0 saturated carbocycles. The zero-order chi connectivity index (χ0) is 12.8. The number of nitrogens with zero attached hydrogens (tertiary/aromatic N) is 1. The van der Waals surface area contributed by atoms with Crippen molar-refractivity contribution in [2.24, 2.45) is 0 Å². The lowest BCUT2D eigenvalue weighted by Gasteiger charge is -2.21. The number of carbonyl (C=O) groups is 1. The van der Waals surface area contributed by atoms with Crippen molar-refractivity contribution in [1.82, 2.24) is 4.90 Å². The SMILES string of the molecule is CCCN(CCCl)C(=O)c1cc(Br)ccc1Br. The Hall–Kier alpha value is -0.0600. The van der Waals surface area contributed by atoms with Gasteiger partial charge in [0, 0.05) is 27.9 Å². The Balaban J connectivity index is 2.95. The highest BCUT2D eigenvalue weighted by Gasteiger charge is 2.17. The van der Waals surface area contributed by atoms with E-state index < -0.39 is 0 Å². The number of halogens is 3. The topological polar surface area (TPSA) is 20.3 Å². The summed E-state index contributed by atoms with van der Waals surface area (Å²) in [5.74, 6) is 0.470. The van der Waals surface area contributed by atoms with Gasteiger partial charge in [-0.15, -0.1) is 11.6 Å². The Morgan fingerprint density at radius 3 is 2.65 bits per heavy atom. The number of hydrogen-bond donors (Lipinski definition) is 0. The minimum Gasteiger partial charge on any atom is -0.337 e. The number of amides is 1. The molecule has 0 N–H and O–H groups in total. The molecule has 1 rings (SSSR count). The van der Waals surface area contributed by atoms with E-state index in [2.05, 4.69) is 31.9 Å². The van der Waals surface area contributed by atoms with E-state index in [-0.39, 0.29) is 5.91 Å². The molecule has 0 spiro atoms. The lowest BCUT2D eigenvalue weighted by molar-refractivity contribution is 0.0764. The Bertz CT molecular complexity index is 392. The largest absolute Gasteiger partial charge is 0.337 e. The van der Waals surface area contributed by atoms with Crippen LogP contribution in [-0.4, -0.2) is 29.8 Å². The van der Waals surface area contributed by atoms with E-state index in [4.69, 9.17) is 11.6 Å². The van der Waals surface area contributed by atoms with Gasteiger partial charge in [-0.2, -0.15) is 0 Å². The van der Waals surface area contributed by atoms with Crippen molar-refractivity contribution in [2.75, 3.05) is 19.0 Å². The predicted molar refractivity (Wildman–Crippen MR) is 78.8 cm³/mol. The molecule has 0 aliphatic heterocycles. The Morgan fingerprint density at radius 1 is 1.35 bits per heavy atom. The molecule has 0 heterocycles. The normalized spacial score (nSPS) is 10.4. The molecule has 0 aliphatic rings. The van der Waals surface area contributed by atoms with Crippen molar-refractivity contribution in [3.05, 3.63) is 32.7 Å². The molecule has 17 heavy (non-hydrogen) atoms. The molecule has 0 saturated heterocycles. The molecule has 0 bridgehead atoms. The summed E-state index contributed by atoms with van der Waals surface area (Å²) in [6.45, 7) is 3.35. The zero-order valence-corrected chi connectivity index (χ0v) is 13.5. The summed E-state index contributed by atoms with van der Waals surface area (Å²) in [7, 11) is 0. The van der Waals surface area contributed by atoms with Crippen LogP contribution in [-0.2, 0) is 0 Å². The van der Waals surface area contributed by atoms with Crippen LogP contribution >= 0.6 is 43.5 Å². The van der Waals surface area contributed by atoms with E-state index in [9.17, 15) is 4.79 Å². The van der Waals surface area contributed by atoms with Crippen LogP contribution in [0.25, 0.3) is 0 Å². The van der Waals surface area contributed by atoms with Crippen LogP contribution in [0.4, 0.5) is 0 Å². The van der Waals surface area contributed by atoms with Crippen molar-refractivity contribution in [2.45, 2.75) is 13.3 Å². The second kappa shape index (κ2) is 7.39. The lowest BCUT2D eigenvalue weighted by atomic mass is 10.2. The average molecular weight is 384 g/mol. The third kappa shape index (κ3) is 4.27. The van der Waals surface area contributed by atoms with E-state index in [0.29, 0.717) is 18.0 Å². The second-order valence-corrected chi connectivity index (χ2v) is 5.75. The van der Waals surface area contributed by atoms with Crippen molar-refractivity contribution in [1.29, 1.82) is 0 Å². The molecule has 5 heteroatoms. The highest BCUT2D eigenvalue weighted by molar-refractivity contribution is 9.11. The Kier molecular flexibility index (Phi) is 6.52. The van der Waals surface area contributed by atoms with E-state index in [1.54, 1.807) is 4.90 Å². The van der Waals surface area contributed by atoms with Crippen LogP contribution < -0.4 is 0 Å². The van der Waals surface area contributed by atoms with E-state index in [1.807, 2.05) is 25.1 Å². The second-order valence-electron chi connectivity index (χ2n) is 3.61. The molecule has 0 atom stereocenters. The van der Waals surface area contributed by atoms with Gasteiger partial charge in [0.25, 0.3) is 5.91 Å². The number of carbonyl (C=O) groups excluding carboxylic acids is 1. The summed E-state index contributed by atoms with van der Waals surface area (Å²) >= 11 is 12.5. The van der Waals surface area contributed by atoms with Gasteiger partial charge in [-0.1, -0.05) is 22.9 Å². The molecule has 0 radical (unpaired) electrons. The fourth-order valence-corrected chi connectivity index (χ4v) is 2.50. The molecule has 94 valence electrons. The maximum atomic E-state index is 12.3. The van der Waals surface area contributed by atoms with Gasteiger partial charge in [0.15, 0.2) is 0 Å². The van der Waals surface area contributed by atoms with Gasteiger partial charge in [0.2, 0.25) is 0 Å². The highest BCUT2D eigenvalue weighted by atomic mass is 79.9. The third-order valence-electron chi connectivity index (χ3n) is 2.29. The highest BCUT2D eigenvalue weighted by Crippen LogP contribution is 2.23. The monoisotopic (exact) mass is 381 g/mol. The molecule has 0 aliphatic carbocycles. The van der Waals surface area contributed by atoms with Crippen LogP contribution in [0.2, 0.25) is 0 Å². The zero-order valence-electron chi connectivity index (χ0n) is 9.55. The van der Waals surface area contributed by atoms with Gasteiger partial charge in [-0.05, 0) is 40.5 Å². The van der Waals surface area contributed by atoms with Crippen molar-refractivity contribution < 1.29 is 4.79 Å². The summed E-state index contributed by atoms with van der Waals surface area (Å²) in [4.78, 5) is 14.1. The first kappa shape index (κ1) is 15.0. The summed E-state index contributed by atoms with van der Waals surface area (Å²) in [6, 6.07) is 5.58.